The molecule has 2 rings (SSSR count). The van der Waals surface area contributed by atoms with E-state index in [2.05, 4.69) is 17.2 Å². The summed E-state index contributed by atoms with van der Waals surface area (Å²) in [5.74, 6) is 0.192. The third-order valence-corrected chi connectivity index (χ3v) is 3.95. The van der Waals surface area contributed by atoms with Crippen LogP contribution in [0.3, 0.4) is 0 Å². The Kier molecular flexibility index (Phi) is 4.17. The molecule has 1 aliphatic heterocycles. The van der Waals surface area contributed by atoms with E-state index in [-0.39, 0.29) is 16.9 Å². The summed E-state index contributed by atoms with van der Waals surface area (Å²) in [6, 6.07) is 0. The number of nitrogens with zero attached hydrogens (tertiary/aromatic N) is 1. The molecule has 0 aliphatic carbocycles. The maximum Gasteiger partial charge on any atom is 0.330 e. The summed E-state index contributed by atoms with van der Waals surface area (Å²) in [6.07, 6.45) is 1.87. The zero-order valence-corrected chi connectivity index (χ0v) is 12.0. The Morgan fingerprint density at radius 2 is 2.05 bits per heavy atom. The number of hydrogen-bond acceptors (Lipinski definition) is 5. The number of nitrogen functional groups attached to an aromatic ring is 1. The summed E-state index contributed by atoms with van der Waals surface area (Å²) in [6.45, 7) is 6.48. The number of anilines is 2. The van der Waals surface area contributed by atoms with Crippen LogP contribution >= 0.6 is 0 Å². The summed E-state index contributed by atoms with van der Waals surface area (Å²) in [5, 5.41) is 3.11. The van der Waals surface area contributed by atoms with Gasteiger partial charge in [-0.25, -0.2) is 4.79 Å². The van der Waals surface area contributed by atoms with Crippen LogP contribution in [0.4, 0.5) is 11.5 Å². The molecule has 112 valence electrons. The molecule has 0 saturated carbocycles. The van der Waals surface area contributed by atoms with Gasteiger partial charge in [-0.15, -0.1) is 0 Å². The smallest absolute Gasteiger partial charge is 0.330 e. The van der Waals surface area contributed by atoms with E-state index in [1.165, 1.54) is 4.57 Å². The molecule has 1 aromatic rings. The maximum absolute atomic E-state index is 11.9. The Hall–Kier alpha value is -1.76. The molecule has 4 N–H and O–H groups in total. The van der Waals surface area contributed by atoms with Crippen molar-refractivity contribution < 1.29 is 4.74 Å². The molecule has 7 heteroatoms. The van der Waals surface area contributed by atoms with Gasteiger partial charge in [-0.1, -0.05) is 6.92 Å². The van der Waals surface area contributed by atoms with Crippen LogP contribution in [-0.4, -0.2) is 29.3 Å². The fourth-order valence-corrected chi connectivity index (χ4v) is 2.42. The largest absolute Gasteiger partial charge is 0.383 e. The van der Waals surface area contributed by atoms with Crippen LogP contribution in [0.1, 0.15) is 26.7 Å². The summed E-state index contributed by atoms with van der Waals surface area (Å²) >= 11 is 0. The van der Waals surface area contributed by atoms with Gasteiger partial charge in [0.15, 0.2) is 0 Å². The molecule has 20 heavy (non-hydrogen) atoms. The topological polar surface area (TPSA) is 102 Å². The first-order valence-electron chi connectivity index (χ1n) is 6.91. The van der Waals surface area contributed by atoms with Crippen molar-refractivity contribution >= 4 is 11.5 Å². The van der Waals surface area contributed by atoms with Crippen LogP contribution in [0.2, 0.25) is 0 Å². The highest BCUT2D eigenvalue weighted by molar-refractivity contribution is 5.60. The van der Waals surface area contributed by atoms with E-state index < -0.39 is 11.2 Å². The third kappa shape index (κ3) is 2.87. The Bertz CT molecular complexity index is 584. The quantitative estimate of drug-likeness (QED) is 0.740. The van der Waals surface area contributed by atoms with E-state index in [1.54, 1.807) is 6.92 Å². The lowest BCUT2D eigenvalue weighted by Gasteiger charge is -2.33. The zero-order chi connectivity index (χ0) is 14.8. The Labute approximate surface area is 117 Å². The second-order valence-corrected chi connectivity index (χ2v) is 5.54. The number of hydrogen-bond donors (Lipinski definition) is 3. The fraction of sp³-hybridized carbons (Fsp3) is 0.692. The predicted molar refractivity (Wildman–Crippen MR) is 78.1 cm³/mol. The molecule has 1 saturated heterocycles. The highest BCUT2D eigenvalue weighted by Gasteiger charge is 2.27. The molecule has 0 unspecified atom stereocenters. The first-order valence-corrected chi connectivity index (χ1v) is 6.91. The van der Waals surface area contributed by atoms with Gasteiger partial charge in [0.2, 0.25) is 0 Å². The molecule has 1 fully saturated rings. The van der Waals surface area contributed by atoms with Crippen LogP contribution in [-0.2, 0) is 11.3 Å². The maximum atomic E-state index is 11.9. The summed E-state index contributed by atoms with van der Waals surface area (Å²) < 4.78 is 6.69. The highest BCUT2D eigenvalue weighted by Crippen LogP contribution is 2.30. The molecule has 2 heterocycles. The van der Waals surface area contributed by atoms with Gasteiger partial charge in [0.05, 0.1) is 0 Å². The summed E-state index contributed by atoms with van der Waals surface area (Å²) in [4.78, 5) is 25.8. The number of aromatic nitrogens is 2. The van der Waals surface area contributed by atoms with Crippen LogP contribution < -0.4 is 22.3 Å². The predicted octanol–water partition coefficient (Wildman–Crippen LogP) is 0.367. The molecular weight excluding hydrogens is 260 g/mol. The van der Waals surface area contributed by atoms with E-state index in [1.807, 2.05) is 0 Å². The highest BCUT2D eigenvalue weighted by atomic mass is 16.5. The van der Waals surface area contributed by atoms with Gasteiger partial charge in [-0.05, 0) is 25.2 Å². The molecule has 0 amide bonds. The zero-order valence-electron chi connectivity index (χ0n) is 12.0. The van der Waals surface area contributed by atoms with Gasteiger partial charge in [0, 0.05) is 26.3 Å². The summed E-state index contributed by atoms with van der Waals surface area (Å²) in [7, 11) is 0. The standard InChI is InChI=1S/C13H22N4O3/c1-3-17-10(14)9(11(18)16-12(17)19)15-8-13(2)4-6-20-7-5-13/h15H,3-8,14H2,1-2H3,(H,16,18,19). The Morgan fingerprint density at radius 1 is 1.40 bits per heavy atom. The van der Waals surface area contributed by atoms with Crippen molar-refractivity contribution in [3.8, 4) is 0 Å². The Morgan fingerprint density at radius 3 is 2.65 bits per heavy atom. The SMILES string of the molecule is CCn1c(N)c(NCC2(C)CCOCC2)c(=O)[nH]c1=O. The molecule has 1 aliphatic rings. The van der Waals surface area contributed by atoms with Gasteiger partial charge in [0.25, 0.3) is 5.56 Å². The van der Waals surface area contributed by atoms with Gasteiger partial charge in [0.1, 0.15) is 11.5 Å². The molecule has 7 nitrogen and oxygen atoms in total. The van der Waals surface area contributed by atoms with Gasteiger partial charge in [-0.2, -0.15) is 0 Å². The first-order chi connectivity index (χ1) is 9.47. The van der Waals surface area contributed by atoms with Crippen molar-refractivity contribution in [3.05, 3.63) is 20.8 Å². The minimum atomic E-state index is -0.474. The molecule has 0 aromatic carbocycles. The Balaban J connectivity index is 2.21. The van der Waals surface area contributed by atoms with E-state index in [9.17, 15) is 9.59 Å². The lowest BCUT2D eigenvalue weighted by Crippen LogP contribution is -2.37. The van der Waals surface area contributed by atoms with E-state index in [0.29, 0.717) is 13.1 Å². The first kappa shape index (κ1) is 14.6. The average molecular weight is 282 g/mol. The van der Waals surface area contributed by atoms with Crippen LogP contribution in [0, 0.1) is 5.41 Å². The minimum Gasteiger partial charge on any atom is -0.383 e. The summed E-state index contributed by atoms with van der Waals surface area (Å²) in [5.41, 5.74) is 5.32. The van der Waals surface area contributed by atoms with Crippen molar-refractivity contribution in [2.24, 2.45) is 5.41 Å². The molecule has 1 aromatic heterocycles. The van der Waals surface area contributed by atoms with Crippen molar-refractivity contribution in [1.82, 2.24) is 9.55 Å². The van der Waals surface area contributed by atoms with Crippen molar-refractivity contribution in [3.63, 3.8) is 0 Å². The average Bonchev–Trinajstić information content (AvgIpc) is 2.39. The molecule has 0 radical (unpaired) electrons. The van der Waals surface area contributed by atoms with E-state index in [0.717, 1.165) is 26.1 Å². The van der Waals surface area contributed by atoms with Crippen LogP contribution in [0.25, 0.3) is 0 Å². The number of nitrogens with two attached hydrogens (primary N) is 1. The minimum absolute atomic E-state index is 0.0737. The van der Waals surface area contributed by atoms with Crippen molar-refractivity contribution in [1.29, 1.82) is 0 Å². The number of rotatable bonds is 4. The van der Waals surface area contributed by atoms with Crippen molar-refractivity contribution in [2.75, 3.05) is 30.8 Å². The van der Waals surface area contributed by atoms with Gasteiger partial charge in [-0.3, -0.25) is 14.3 Å². The number of H-pyrrole nitrogens is 1. The molecule has 0 atom stereocenters. The van der Waals surface area contributed by atoms with Crippen LogP contribution in [0.5, 0.6) is 0 Å². The number of nitrogens with one attached hydrogen (secondary N) is 2. The van der Waals surface area contributed by atoms with Gasteiger partial charge >= 0.3 is 5.69 Å². The third-order valence-electron chi connectivity index (χ3n) is 3.95. The second-order valence-electron chi connectivity index (χ2n) is 5.54. The number of ether oxygens (including phenoxy) is 1. The van der Waals surface area contributed by atoms with Gasteiger partial charge < -0.3 is 15.8 Å². The van der Waals surface area contributed by atoms with E-state index in [4.69, 9.17) is 10.5 Å². The second kappa shape index (κ2) is 5.70. The molecule has 0 spiro atoms. The monoisotopic (exact) mass is 282 g/mol. The van der Waals surface area contributed by atoms with E-state index >= 15 is 0 Å². The van der Waals surface area contributed by atoms with Crippen molar-refractivity contribution in [2.45, 2.75) is 33.2 Å². The normalized spacial score (nSPS) is 17.9. The molecular formula is C13H22N4O3. The van der Waals surface area contributed by atoms with Crippen LogP contribution in [0.15, 0.2) is 9.59 Å². The molecule has 0 bridgehead atoms. The lowest BCUT2D eigenvalue weighted by atomic mass is 9.82. The lowest BCUT2D eigenvalue weighted by molar-refractivity contribution is 0.0300. The number of aromatic amines is 1. The fourth-order valence-electron chi connectivity index (χ4n) is 2.42.